The topological polar surface area (TPSA) is 41.1 Å². The Morgan fingerprint density at radius 3 is 2.88 bits per heavy atom. The summed E-state index contributed by atoms with van der Waals surface area (Å²) in [5, 5.41) is 13.7. The van der Waals surface area contributed by atoms with Crippen molar-refractivity contribution in [1.82, 2.24) is 15.1 Å². The number of anilines is 1. The summed E-state index contributed by atoms with van der Waals surface area (Å²) < 4.78 is 0. The molecule has 0 saturated carbocycles. The molecule has 6 heteroatoms. The van der Waals surface area contributed by atoms with Gasteiger partial charge in [0, 0.05) is 31.1 Å². The molecule has 90 valence electrons. The van der Waals surface area contributed by atoms with Crippen LogP contribution in [0.3, 0.4) is 0 Å². The second kappa shape index (κ2) is 6.42. The first-order valence-corrected chi connectivity index (χ1v) is 7.72. The average molecular weight is 258 g/mol. The Kier molecular flexibility index (Phi) is 4.87. The lowest BCUT2D eigenvalue weighted by Gasteiger charge is -2.24. The lowest BCUT2D eigenvalue weighted by molar-refractivity contribution is 0.293. The first kappa shape index (κ1) is 12.1. The third-order valence-electron chi connectivity index (χ3n) is 2.46. The van der Waals surface area contributed by atoms with Crippen molar-refractivity contribution in [3.8, 4) is 0 Å². The second-order valence-corrected chi connectivity index (χ2v) is 6.10. The average Bonchev–Trinajstić information content (AvgIpc) is 2.75. The molecule has 1 saturated heterocycles. The highest BCUT2D eigenvalue weighted by Crippen LogP contribution is 2.18. The van der Waals surface area contributed by atoms with Gasteiger partial charge < -0.3 is 5.32 Å². The van der Waals surface area contributed by atoms with Crippen molar-refractivity contribution in [3.05, 3.63) is 5.01 Å². The van der Waals surface area contributed by atoms with Gasteiger partial charge in [-0.2, -0.15) is 11.8 Å². The third kappa shape index (κ3) is 3.61. The Morgan fingerprint density at radius 2 is 2.12 bits per heavy atom. The molecule has 2 rings (SSSR count). The zero-order valence-electron chi connectivity index (χ0n) is 9.61. The molecule has 2 heterocycles. The van der Waals surface area contributed by atoms with E-state index >= 15 is 0 Å². The van der Waals surface area contributed by atoms with Crippen molar-refractivity contribution in [2.75, 3.05) is 36.5 Å². The zero-order valence-corrected chi connectivity index (χ0v) is 11.2. The van der Waals surface area contributed by atoms with Crippen molar-refractivity contribution < 1.29 is 0 Å². The van der Waals surface area contributed by atoms with Crippen LogP contribution in [-0.4, -0.2) is 46.2 Å². The molecular weight excluding hydrogens is 240 g/mol. The molecule has 0 amide bonds. The summed E-state index contributed by atoms with van der Waals surface area (Å²) in [6.07, 6.45) is 1.12. The Balaban J connectivity index is 1.81. The van der Waals surface area contributed by atoms with Gasteiger partial charge in [0.2, 0.25) is 5.13 Å². The molecule has 0 unspecified atom stereocenters. The van der Waals surface area contributed by atoms with E-state index < -0.39 is 0 Å². The quantitative estimate of drug-likeness (QED) is 0.873. The number of rotatable bonds is 5. The highest BCUT2D eigenvalue weighted by molar-refractivity contribution is 7.99. The molecule has 1 aliphatic heterocycles. The van der Waals surface area contributed by atoms with Crippen LogP contribution in [0.2, 0.25) is 0 Å². The van der Waals surface area contributed by atoms with Crippen molar-refractivity contribution in [1.29, 1.82) is 0 Å². The van der Waals surface area contributed by atoms with Crippen LogP contribution in [0.4, 0.5) is 5.13 Å². The fourth-order valence-electron chi connectivity index (χ4n) is 1.57. The molecule has 0 atom stereocenters. The first-order chi connectivity index (χ1) is 7.88. The van der Waals surface area contributed by atoms with Crippen molar-refractivity contribution in [3.63, 3.8) is 0 Å². The maximum atomic E-state index is 4.22. The van der Waals surface area contributed by atoms with Gasteiger partial charge in [0.25, 0.3) is 0 Å². The van der Waals surface area contributed by atoms with Crippen LogP contribution in [-0.2, 0) is 6.54 Å². The van der Waals surface area contributed by atoms with Crippen LogP contribution in [0, 0.1) is 0 Å². The third-order valence-corrected chi connectivity index (χ3v) is 4.26. The summed E-state index contributed by atoms with van der Waals surface area (Å²) in [4.78, 5) is 2.46. The standard InChI is InChI=1S/C10H18N4S2/c1-2-3-11-10-13-12-9(16-10)8-14-4-6-15-7-5-14/h2-8H2,1H3,(H,11,13). The molecule has 1 aromatic heterocycles. The Bertz CT molecular complexity index is 310. The second-order valence-electron chi connectivity index (χ2n) is 3.82. The van der Waals surface area contributed by atoms with Gasteiger partial charge in [0.1, 0.15) is 5.01 Å². The van der Waals surface area contributed by atoms with Crippen LogP contribution in [0.5, 0.6) is 0 Å². The number of aromatic nitrogens is 2. The summed E-state index contributed by atoms with van der Waals surface area (Å²) >= 11 is 3.72. The van der Waals surface area contributed by atoms with E-state index in [9.17, 15) is 0 Å². The van der Waals surface area contributed by atoms with Gasteiger partial charge in [-0.1, -0.05) is 18.3 Å². The number of hydrogen-bond acceptors (Lipinski definition) is 6. The molecule has 0 aromatic carbocycles. The number of hydrogen-bond donors (Lipinski definition) is 1. The van der Waals surface area contributed by atoms with Gasteiger partial charge >= 0.3 is 0 Å². The molecule has 16 heavy (non-hydrogen) atoms. The van der Waals surface area contributed by atoms with Crippen LogP contribution >= 0.6 is 23.1 Å². The van der Waals surface area contributed by atoms with E-state index in [-0.39, 0.29) is 0 Å². The maximum Gasteiger partial charge on any atom is 0.205 e. The molecule has 0 aliphatic carbocycles. The molecule has 0 bridgehead atoms. The van der Waals surface area contributed by atoms with Gasteiger partial charge in [-0.15, -0.1) is 10.2 Å². The largest absolute Gasteiger partial charge is 0.360 e. The maximum absolute atomic E-state index is 4.22. The molecular formula is C10H18N4S2. The summed E-state index contributed by atoms with van der Waals surface area (Å²) in [6, 6.07) is 0. The molecule has 1 N–H and O–H groups in total. The minimum Gasteiger partial charge on any atom is -0.360 e. The molecule has 0 radical (unpaired) electrons. The SMILES string of the molecule is CCCNc1nnc(CN2CCSCC2)s1. The van der Waals surface area contributed by atoms with Gasteiger partial charge in [0.15, 0.2) is 0 Å². The van der Waals surface area contributed by atoms with Crippen molar-refractivity contribution in [2.24, 2.45) is 0 Å². The summed E-state index contributed by atoms with van der Waals surface area (Å²) in [6.45, 7) is 6.46. The Morgan fingerprint density at radius 1 is 1.31 bits per heavy atom. The minimum absolute atomic E-state index is 0.961. The van der Waals surface area contributed by atoms with Crippen LogP contribution in [0.15, 0.2) is 0 Å². The van der Waals surface area contributed by atoms with Crippen LogP contribution < -0.4 is 5.32 Å². The summed E-state index contributed by atoms with van der Waals surface area (Å²) in [5.74, 6) is 2.50. The van der Waals surface area contributed by atoms with E-state index in [1.807, 2.05) is 11.8 Å². The molecule has 0 spiro atoms. The lowest BCUT2D eigenvalue weighted by atomic mass is 10.5. The first-order valence-electron chi connectivity index (χ1n) is 5.75. The van der Waals surface area contributed by atoms with E-state index in [2.05, 4.69) is 27.3 Å². The Hall–Kier alpha value is -0.330. The normalized spacial score (nSPS) is 17.6. The predicted octanol–water partition coefficient (Wildman–Crippen LogP) is 1.91. The highest BCUT2D eigenvalue weighted by Gasteiger charge is 2.13. The van der Waals surface area contributed by atoms with Crippen LogP contribution in [0.1, 0.15) is 18.4 Å². The number of nitrogens with one attached hydrogen (secondary N) is 1. The zero-order chi connectivity index (χ0) is 11.2. The molecule has 1 aromatic rings. The van der Waals surface area contributed by atoms with Gasteiger partial charge in [0.05, 0.1) is 6.54 Å². The monoisotopic (exact) mass is 258 g/mol. The Labute approximate surface area is 105 Å². The van der Waals surface area contributed by atoms with Crippen LogP contribution in [0.25, 0.3) is 0 Å². The lowest BCUT2D eigenvalue weighted by Crippen LogP contribution is -2.31. The summed E-state index contributed by atoms with van der Waals surface area (Å²) in [7, 11) is 0. The molecule has 1 aliphatic rings. The van der Waals surface area contributed by atoms with E-state index in [4.69, 9.17) is 0 Å². The predicted molar refractivity (Wildman–Crippen MR) is 71.3 cm³/mol. The van der Waals surface area contributed by atoms with E-state index in [0.717, 1.165) is 29.6 Å². The van der Waals surface area contributed by atoms with E-state index in [0.29, 0.717) is 0 Å². The van der Waals surface area contributed by atoms with E-state index in [1.165, 1.54) is 24.6 Å². The number of nitrogens with zero attached hydrogens (tertiary/aromatic N) is 3. The minimum atomic E-state index is 0.961. The highest BCUT2D eigenvalue weighted by atomic mass is 32.2. The van der Waals surface area contributed by atoms with E-state index in [1.54, 1.807) is 11.3 Å². The van der Waals surface area contributed by atoms with Gasteiger partial charge in [-0.05, 0) is 6.42 Å². The fourth-order valence-corrected chi connectivity index (χ4v) is 3.36. The van der Waals surface area contributed by atoms with Crippen molar-refractivity contribution >= 4 is 28.2 Å². The van der Waals surface area contributed by atoms with Gasteiger partial charge in [-0.25, -0.2) is 0 Å². The molecule has 1 fully saturated rings. The smallest absolute Gasteiger partial charge is 0.205 e. The fraction of sp³-hybridized carbons (Fsp3) is 0.800. The van der Waals surface area contributed by atoms with Gasteiger partial charge in [-0.3, -0.25) is 4.90 Å². The summed E-state index contributed by atoms with van der Waals surface area (Å²) in [5.41, 5.74) is 0. The number of thioether (sulfide) groups is 1. The van der Waals surface area contributed by atoms with Crippen molar-refractivity contribution in [2.45, 2.75) is 19.9 Å². The molecule has 4 nitrogen and oxygen atoms in total.